The lowest BCUT2D eigenvalue weighted by molar-refractivity contribution is -0.131. The van der Waals surface area contributed by atoms with Crippen molar-refractivity contribution in [3.05, 3.63) is 11.6 Å². The van der Waals surface area contributed by atoms with E-state index >= 15 is 0 Å². The summed E-state index contributed by atoms with van der Waals surface area (Å²) in [5.74, 6) is -0.836. The summed E-state index contributed by atoms with van der Waals surface area (Å²) >= 11 is 0. The molecule has 0 aliphatic heterocycles. The molecule has 1 rings (SSSR count). The van der Waals surface area contributed by atoms with Gasteiger partial charge >= 0.3 is 5.97 Å². The average molecular weight is 225 g/mol. The molecule has 0 aromatic heterocycles. The Labute approximate surface area is 98.1 Å². The molecule has 16 heavy (non-hydrogen) atoms. The number of carbonyl (C=O) groups is 1. The van der Waals surface area contributed by atoms with Crippen molar-refractivity contribution in [1.29, 1.82) is 0 Å². The summed E-state index contributed by atoms with van der Waals surface area (Å²) in [6.07, 6.45) is 7.87. The summed E-state index contributed by atoms with van der Waals surface area (Å²) in [7, 11) is 0. The molecule has 0 amide bonds. The molecule has 3 heteroatoms. The highest BCUT2D eigenvalue weighted by molar-refractivity contribution is 5.80. The Bertz CT molecular complexity index is 255. The normalized spacial score (nSPS) is 19.1. The minimum Gasteiger partial charge on any atom is -0.478 e. The van der Waals surface area contributed by atoms with Crippen molar-refractivity contribution in [2.75, 3.05) is 13.1 Å². The first-order chi connectivity index (χ1) is 7.63. The average Bonchev–Trinajstić information content (AvgIpc) is 2.26. The third-order valence-electron chi connectivity index (χ3n) is 3.32. The van der Waals surface area contributed by atoms with Gasteiger partial charge in [0.25, 0.3) is 0 Å². The van der Waals surface area contributed by atoms with Crippen molar-refractivity contribution in [3.8, 4) is 0 Å². The molecule has 0 aromatic carbocycles. The van der Waals surface area contributed by atoms with E-state index in [2.05, 4.69) is 11.8 Å². The van der Waals surface area contributed by atoms with E-state index in [0.29, 0.717) is 6.04 Å². The molecular weight excluding hydrogens is 202 g/mol. The maximum atomic E-state index is 10.6. The maximum Gasteiger partial charge on any atom is 0.328 e. The Morgan fingerprint density at radius 1 is 1.38 bits per heavy atom. The molecule has 0 heterocycles. The quantitative estimate of drug-likeness (QED) is 0.731. The van der Waals surface area contributed by atoms with E-state index in [-0.39, 0.29) is 0 Å². The predicted octanol–water partition coefficient (Wildman–Crippen LogP) is 2.67. The highest BCUT2D eigenvalue weighted by atomic mass is 16.4. The predicted molar refractivity (Wildman–Crippen MR) is 65.5 cm³/mol. The number of likely N-dealkylation sites (N-methyl/N-ethyl adjacent to an activating group) is 1. The van der Waals surface area contributed by atoms with Crippen LogP contribution in [-0.4, -0.2) is 35.1 Å². The van der Waals surface area contributed by atoms with Crippen LogP contribution in [0.4, 0.5) is 0 Å². The van der Waals surface area contributed by atoms with Gasteiger partial charge in [-0.25, -0.2) is 4.79 Å². The van der Waals surface area contributed by atoms with Crippen LogP contribution >= 0.6 is 0 Å². The van der Waals surface area contributed by atoms with Crippen LogP contribution in [0.25, 0.3) is 0 Å². The molecule has 0 radical (unpaired) electrons. The number of hydrogen-bond acceptors (Lipinski definition) is 2. The van der Waals surface area contributed by atoms with Gasteiger partial charge < -0.3 is 5.11 Å². The monoisotopic (exact) mass is 225 g/mol. The Morgan fingerprint density at radius 3 is 2.50 bits per heavy atom. The standard InChI is InChI=1S/C13H23NO2/c1-3-14(10-11(2)9-13(15)16)12-7-5-4-6-8-12/h9,12H,3-8,10H2,1-2H3,(H,15,16). The van der Waals surface area contributed by atoms with E-state index < -0.39 is 5.97 Å². The number of rotatable bonds is 5. The second kappa shape index (κ2) is 6.69. The van der Waals surface area contributed by atoms with Crippen molar-refractivity contribution in [1.82, 2.24) is 4.90 Å². The van der Waals surface area contributed by atoms with Crippen molar-refractivity contribution in [2.24, 2.45) is 0 Å². The van der Waals surface area contributed by atoms with Gasteiger partial charge in [0.15, 0.2) is 0 Å². The number of carboxylic acid groups (broad SMARTS) is 1. The van der Waals surface area contributed by atoms with Crippen LogP contribution in [-0.2, 0) is 4.79 Å². The van der Waals surface area contributed by atoms with Crippen molar-refractivity contribution in [3.63, 3.8) is 0 Å². The first kappa shape index (κ1) is 13.2. The fourth-order valence-electron chi connectivity index (χ4n) is 2.52. The highest BCUT2D eigenvalue weighted by Gasteiger charge is 2.19. The van der Waals surface area contributed by atoms with Crippen LogP contribution in [0.15, 0.2) is 11.6 Å². The molecule has 1 aliphatic rings. The molecule has 0 aromatic rings. The summed E-state index contributed by atoms with van der Waals surface area (Å²) in [4.78, 5) is 13.0. The van der Waals surface area contributed by atoms with E-state index in [1.807, 2.05) is 6.92 Å². The first-order valence-corrected chi connectivity index (χ1v) is 6.27. The molecule has 3 nitrogen and oxygen atoms in total. The molecule has 0 unspecified atom stereocenters. The zero-order valence-corrected chi connectivity index (χ0v) is 10.4. The van der Waals surface area contributed by atoms with Gasteiger partial charge in [-0.2, -0.15) is 0 Å². The molecule has 92 valence electrons. The zero-order chi connectivity index (χ0) is 12.0. The molecule has 1 fully saturated rings. The van der Waals surface area contributed by atoms with Gasteiger partial charge in [-0.1, -0.05) is 31.8 Å². The zero-order valence-electron chi connectivity index (χ0n) is 10.4. The number of hydrogen-bond donors (Lipinski definition) is 1. The van der Waals surface area contributed by atoms with Crippen LogP contribution in [0, 0.1) is 0 Å². The van der Waals surface area contributed by atoms with E-state index in [1.165, 1.54) is 38.2 Å². The van der Waals surface area contributed by atoms with Crippen LogP contribution in [0.1, 0.15) is 46.0 Å². The van der Waals surface area contributed by atoms with Gasteiger partial charge in [0, 0.05) is 18.7 Å². The van der Waals surface area contributed by atoms with E-state index in [4.69, 9.17) is 5.11 Å². The first-order valence-electron chi connectivity index (χ1n) is 6.27. The van der Waals surface area contributed by atoms with Gasteiger partial charge in [0.2, 0.25) is 0 Å². The van der Waals surface area contributed by atoms with Crippen molar-refractivity contribution >= 4 is 5.97 Å². The summed E-state index contributed by atoms with van der Waals surface area (Å²) in [5, 5.41) is 8.68. The lowest BCUT2D eigenvalue weighted by Gasteiger charge is -2.33. The fourth-order valence-corrected chi connectivity index (χ4v) is 2.52. The van der Waals surface area contributed by atoms with Crippen LogP contribution in [0.3, 0.4) is 0 Å². The van der Waals surface area contributed by atoms with Gasteiger partial charge in [0.05, 0.1) is 0 Å². The summed E-state index contributed by atoms with van der Waals surface area (Å²) in [6, 6.07) is 0.663. The molecule has 1 aliphatic carbocycles. The van der Waals surface area contributed by atoms with E-state index in [9.17, 15) is 4.79 Å². The minimum absolute atomic E-state index is 0.663. The minimum atomic E-state index is -0.836. The topological polar surface area (TPSA) is 40.5 Å². The molecule has 0 spiro atoms. The third kappa shape index (κ3) is 4.35. The Morgan fingerprint density at radius 2 is 2.00 bits per heavy atom. The van der Waals surface area contributed by atoms with E-state index in [1.54, 1.807) is 0 Å². The Kier molecular flexibility index (Phi) is 5.53. The highest BCUT2D eigenvalue weighted by Crippen LogP contribution is 2.22. The summed E-state index contributed by atoms with van der Waals surface area (Å²) in [5.41, 5.74) is 0.944. The molecular formula is C13H23NO2. The van der Waals surface area contributed by atoms with Crippen LogP contribution in [0.2, 0.25) is 0 Å². The van der Waals surface area contributed by atoms with Crippen molar-refractivity contribution < 1.29 is 9.90 Å². The molecule has 0 bridgehead atoms. The number of nitrogens with zero attached hydrogens (tertiary/aromatic N) is 1. The second-order valence-electron chi connectivity index (χ2n) is 4.68. The van der Waals surface area contributed by atoms with Gasteiger partial charge in [-0.15, -0.1) is 0 Å². The lowest BCUT2D eigenvalue weighted by Crippen LogP contribution is -2.37. The lowest BCUT2D eigenvalue weighted by atomic mass is 9.94. The van der Waals surface area contributed by atoms with Crippen LogP contribution in [0.5, 0.6) is 0 Å². The van der Waals surface area contributed by atoms with Crippen LogP contribution < -0.4 is 0 Å². The molecule has 0 atom stereocenters. The third-order valence-corrected chi connectivity index (χ3v) is 3.32. The smallest absolute Gasteiger partial charge is 0.328 e. The maximum absolute atomic E-state index is 10.6. The summed E-state index contributed by atoms with van der Waals surface area (Å²) in [6.45, 7) is 5.87. The van der Waals surface area contributed by atoms with Gasteiger partial charge in [-0.05, 0) is 26.3 Å². The Hall–Kier alpha value is -0.830. The number of carboxylic acids is 1. The largest absolute Gasteiger partial charge is 0.478 e. The number of aliphatic carboxylic acids is 1. The molecule has 1 saturated carbocycles. The van der Waals surface area contributed by atoms with Crippen molar-refractivity contribution in [2.45, 2.75) is 52.0 Å². The van der Waals surface area contributed by atoms with Gasteiger partial charge in [0.1, 0.15) is 0 Å². The SMILES string of the molecule is CCN(CC(C)=CC(=O)O)C1CCCCC1. The molecule has 1 N–H and O–H groups in total. The Balaban J connectivity index is 2.50. The van der Waals surface area contributed by atoms with E-state index in [0.717, 1.165) is 18.7 Å². The second-order valence-corrected chi connectivity index (χ2v) is 4.68. The summed E-state index contributed by atoms with van der Waals surface area (Å²) < 4.78 is 0. The molecule has 0 saturated heterocycles. The fraction of sp³-hybridized carbons (Fsp3) is 0.769. The van der Waals surface area contributed by atoms with Gasteiger partial charge in [-0.3, -0.25) is 4.90 Å².